The minimum atomic E-state index is -0.945. The Kier molecular flexibility index (Phi) is 3.56. The maximum absolute atomic E-state index is 12.8. The first-order valence-corrected chi connectivity index (χ1v) is 8.68. The van der Waals surface area contributed by atoms with Gasteiger partial charge in [-0.05, 0) is 44.4 Å². The van der Waals surface area contributed by atoms with Crippen LogP contribution >= 0.6 is 15.9 Å². The van der Waals surface area contributed by atoms with Gasteiger partial charge in [-0.2, -0.15) is 0 Å². The van der Waals surface area contributed by atoms with Gasteiger partial charge in [-0.3, -0.25) is 4.21 Å². The Bertz CT molecular complexity index is 654. The van der Waals surface area contributed by atoms with Crippen molar-refractivity contribution in [1.29, 1.82) is 0 Å². The zero-order chi connectivity index (χ0) is 13.6. The zero-order valence-corrected chi connectivity index (χ0v) is 13.6. The van der Waals surface area contributed by atoms with Gasteiger partial charge >= 0.3 is 0 Å². The van der Waals surface area contributed by atoms with Gasteiger partial charge < -0.3 is 4.42 Å². The van der Waals surface area contributed by atoms with Crippen LogP contribution in [-0.4, -0.2) is 9.46 Å². The van der Waals surface area contributed by atoms with E-state index in [1.165, 1.54) is 12.8 Å². The monoisotopic (exact) mass is 340 g/mol. The van der Waals surface area contributed by atoms with Gasteiger partial charge in [-0.25, -0.2) is 0 Å². The second-order valence-electron chi connectivity index (χ2n) is 5.29. The van der Waals surface area contributed by atoms with Gasteiger partial charge in [0.15, 0.2) is 0 Å². The van der Waals surface area contributed by atoms with Crippen LogP contribution in [0.1, 0.15) is 37.0 Å². The molecule has 2 nitrogen and oxygen atoms in total. The van der Waals surface area contributed by atoms with Gasteiger partial charge in [0, 0.05) is 15.1 Å². The molecule has 0 unspecified atom stereocenters. The van der Waals surface area contributed by atoms with Gasteiger partial charge in [-0.15, -0.1) is 0 Å². The molecule has 0 aliphatic heterocycles. The molecule has 1 saturated carbocycles. The standard InChI is InChI=1S/C15H17BrO2S/c1-9-7-11(16)8-13-14(9)18-10(2)15(13)19(17)12-5-3-4-6-12/h7-8,12H,3-6H2,1-2H3/t19-/m1/s1. The molecule has 2 aromatic rings. The molecule has 4 heteroatoms. The van der Waals surface area contributed by atoms with Gasteiger partial charge in [0.05, 0.1) is 15.7 Å². The van der Waals surface area contributed by atoms with E-state index in [0.29, 0.717) is 5.25 Å². The van der Waals surface area contributed by atoms with Crippen molar-refractivity contribution >= 4 is 37.7 Å². The second-order valence-corrected chi connectivity index (χ2v) is 7.88. The van der Waals surface area contributed by atoms with E-state index in [1.807, 2.05) is 26.0 Å². The molecule has 0 saturated heterocycles. The van der Waals surface area contributed by atoms with E-state index < -0.39 is 10.8 Å². The lowest BCUT2D eigenvalue weighted by Gasteiger charge is -2.08. The number of halogens is 1. The first-order valence-electron chi connectivity index (χ1n) is 6.67. The summed E-state index contributed by atoms with van der Waals surface area (Å²) < 4.78 is 19.7. The normalized spacial score (nSPS) is 18.3. The van der Waals surface area contributed by atoms with Crippen LogP contribution in [0.4, 0.5) is 0 Å². The third kappa shape index (κ3) is 2.29. The molecule has 0 spiro atoms. The van der Waals surface area contributed by atoms with Crippen LogP contribution in [0.3, 0.4) is 0 Å². The zero-order valence-electron chi connectivity index (χ0n) is 11.2. The van der Waals surface area contributed by atoms with Crippen molar-refractivity contribution in [1.82, 2.24) is 0 Å². The van der Waals surface area contributed by atoms with Crippen LogP contribution in [0, 0.1) is 13.8 Å². The van der Waals surface area contributed by atoms with Gasteiger partial charge in [0.25, 0.3) is 0 Å². The van der Waals surface area contributed by atoms with Crippen molar-refractivity contribution in [2.24, 2.45) is 0 Å². The maximum Gasteiger partial charge on any atom is 0.138 e. The Balaban J connectivity index is 2.17. The van der Waals surface area contributed by atoms with Crippen molar-refractivity contribution in [3.8, 4) is 0 Å². The highest BCUT2D eigenvalue weighted by atomic mass is 79.9. The summed E-state index contributed by atoms with van der Waals surface area (Å²) in [5, 5.41) is 1.31. The number of benzene rings is 1. The predicted molar refractivity (Wildman–Crippen MR) is 82.1 cm³/mol. The largest absolute Gasteiger partial charge is 0.460 e. The van der Waals surface area contributed by atoms with E-state index in [2.05, 4.69) is 15.9 Å². The molecule has 0 radical (unpaired) electrons. The summed E-state index contributed by atoms with van der Waals surface area (Å²) in [4.78, 5) is 0.909. The van der Waals surface area contributed by atoms with Crippen LogP contribution in [0.25, 0.3) is 11.0 Å². The van der Waals surface area contributed by atoms with E-state index in [0.717, 1.165) is 44.5 Å². The fourth-order valence-corrected chi connectivity index (χ4v) is 5.30. The minimum Gasteiger partial charge on any atom is -0.460 e. The summed E-state index contributed by atoms with van der Waals surface area (Å²) >= 11 is 3.52. The van der Waals surface area contributed by atoms with E-state index in [-0.39, 0.29) is 0 Å². The molecular weight excluding hydrogens is 324 g/mol. The van der Waals surface area contributed by atoms with E-state index in [9.17, 15) is 4.21 Å². The van der Waals surface area contributed by atoms with Crippen molar-refractivity contribution in [3.05, 3.63) is 27.9 Å². The molecule has 1 heterocycles. The molecule has 3 rings (SSSR count). The maximum atomic E-state index is 12.8. The summed E-state index contributed by atoms with van der Waals surface area (Å²) in [5.74, 6) is 0.807. The lowest BCUT2D eigenvalue weighted by Crippen LogP contribution is -2.10. The molecule has 1 aromatic carbocycles. The molecule has 1 aliphatic rings. The molecule has 1 aliphatic carbocycles. The topological polar surface area (TPSA) is 30.2 Å². The Labute approximate surface area is 124 Å². The van der Waals surface area contributed by atoms with Crippen LogP contribution < -0.4 is 0 Å². The van der Waals surface area contributed by atoms with Crippen molar-refractivity contribution < 1.29 is 8.63 Å². The molecule has 0 N–H and O–H groups in total. The third-order valence-electron chi connectivity index (χ3n) is 3.87. The van der Waals surface area contributed by atoms with E-state index in [1.54, 1.807) is 0 Å². The van der Waals surface area contributed by atoms with Crippen LogP contribution in [0.5, 0.6) is 0 Å². The predicted octanol–water partition coefficient (Wildman–Crippen LogP) is 4.86. The second kappa shape index (κ2) is 5.06. The summed E-state index contributed by atoms with van der Waals surface area (Å²) in [7, 11) is -0.945. The molecule has 1 atom stereocenters. The smallest absolute Gasteiger partial charge is 0.138 e. The average Bonchev–Trinajstić information content (AvgIpc) is 2.95. The van der Waals surface area contributed by atoms with Crippen molar-refractivity contribution in [3.63, 3.8) is 0 Å². The number of hydrogen-bond donors (Lipinski definition) is 0. The average molecular weight is 341 g/mol. The molecule has 0 bridgehead atoms. The number of aryl methyl sites for hydroxylation is 2. The highest BCUT2D eigenvalue weighted by Gasteiger charge is 2.27. The van der Waals surface area contributed by atoms with Crippen LogP contribution in [0.2, 0.25) is 0 Å². The number of furan rings is 1. The summed E-state index contributed by atoms with van der Waals surface area (Å²) in [6.45, 7) is 3.95. The Hall–Kier alpha value is -0.610. The van der Waals surface area contributed by atoms with Crippen molar-refractivity contribution in [2.75, 3.05) is 0 Å². The highest BCUT2D eigenvalue weighted by molar-refractivity contribution is 9.10. The molecule has 19 heavy (non-hydrogen) atoms. The van der Waals surface area contributed by atoms with Crippen LogP contribution in [0.15, 0.2) is 25.9 Å². The lowest BCUT2D eigenvalue weighted by molar-refractivity contribution is 0.563. The quantitative estimate of drug-likeness (QED) is 0.781. The van der Waals surface area contributed by atoms with Gasteiger partial charge in [-0.1, -0.05) is 28.8 Å². The fourth-order valence-electron chi connectivity index (χ4n) is 2.94. The molecule has 1 aromatic heterocycles. The Morgan fingerprint density at radius 3 is 2.63 bits per heavy atom. The van der Waals surface area contributed by atoms with E-state index >= 15 is 0 Å². The van der Waals surface area contributed by atoms with Gasteiger partial charge in [0.1, 0.15) is 11.3 Å². The lowest BCUT2D eigenvalue weighted by atomic mass is 10.2. The summed E-state index contributed by atoms with van der Waals surface area (Å²) in [6.07, 6.45) is 4.55. The Morgan fingerprint density at radius 2 is 1.95 bits per heavy atom. The summed E-state index contributed by atoms with van der Waals surface area (Å²) in [6, 6.07) is 4.06. The Morgan fingerprint density at radius 1 is 1.26 bits per heavy atom. The SMILES string of the molecule is Cc1oc2c(C)cc(Br)cc2c1[S@](=O)C1CCCC1. The highest BCUT2D eigenvalue weighted by Crippen LogP contribution is 2.36. The third-order valence-corrected chi connectivity index (χ3v) is 6.31. The molecule has 1 fully saturated rings. The summed E-state index contributed by atoms with van der Waals surface area (Å²) in [5.41, 5.74) is 1.96. The number of rotatable bonds is 2. The molecular formula is C15H17BrO2S. The first kappa shape index (κ1) is 13.4. The van der Waals surface area contributed by atoms with Crippen LogP contribution in [-0.2, 0) is 10.8 Å². The first-order chi connectivity index (χ1) is 9.08. The van der Waals surface area contributed by atoms with E-state index in [4.69, 9.17) is 4.42 Å². The van der Waals surface area contributed by atoms with Gasteiger partial charge in [0.2, 0.25) is 0 Å². The molecule has 0 amide bonds. The van der Waals surface area contributed by atoms with Crippen molar-refractivity contribution in [2.45, 2.75) is 49.7 Å². The number of hydrogen-bond acceptors (Lipinski definition) is 2. The minimum absolute atomic E-state index is 0.304. The molecule has 102 valence electrons. The fraction of sp³-hybridized carbons (Fsp3) is 0.467. The number of fused-ring (bicyclic) bond motifs is 1.